The first-order valence-electron chi connectivity index (χ1n) is 5.56. The smallest absolute Gasteiger partial charge is 0.307 e. The molecule has 3 rings (SSSR count). The van der Waals surface area contributed by atoms with Crippen molar-refractivity contribution in [2.24, 2.45) is 5.92 Å². The zero-order valence-corrected chi connectivity index (χ0v) is 8.49. The van der Waals surface area contributed by atoms with Gasteiger partial charge in [0.1, 0.15) is 0 Å². The Morgan fingerprint density at radius 3 is 2.93 bits per heavy atom. The van der Waals surface area contributed by atoms with Crippen LogP contribution in [0, 0.1) is 5.92 Å². The van der Waals surface area contributed by atoms with E-state index in [2.05, 4.69) is 10.2 Å². The van der Waals surface area contributed by atoms with Crippen LogP contribution >= 0.6 is 0 Å². The van der Waals surface area contributed by atoms with E-state index in [0.29, 0.717) is 0 Å². The summed E-state index contributed by atoms with van der Waals surface area (Å²) in [5.74, 6) is -0.674. The van der Waals surface area contributed by atoms with Crippen LogP contribution in [0.4, 0.5) is 0 Å². The van der Waals surface area contributed by atoms with Gasteiger partial charge in [-0.3, -0.25) is 9.89 Å². The number of fused-ring (bicyclic) bond motifs is 1. The number of aromatic nitrogens is 2. The lowest BCUT2D eigenvalue weighted by Crippen LogP contribution is -2.04. The standard InChI is InChI=1S/C11H14N2O2/c14-11(15)8-5-7(8)10-6-3-1-2-4-9(6)12-13-10/h7-8H,1-5H2,(H,12,13)(H,14,15)/t7-,8-/m1/s1. The maximum Gasteiger partial charge on any atom is 0.307 e. The van der Waals surface area contributed by atoms with Crippen molar-refractivity contribution in [3.63, 3.8) is 0 Å². The third kappa shape index (κ3) is 1.35. The normalized spacial score (nSPS) is 28.5. The summed E-state index contributed by atoms with van der Waals surface area (Å²) in [6.45, 7) is 0. The van der Waals surface area contributed by atoms with Crippen LogP contribution in [-0.2, 0) is 17.6 Å². The fourth-order valence-electron chi connectivity index (χ4n) is 2.58. The second kappa shape index (κ2) is 3.08. The number of nitrogens with one attached hydrogen (secondary N) is 1. The SMILES string of the molecule is O=C(O)[C@@H]1C[C@H]1c1n[nH]c2c1CCCC2. The Hall–Kier alpha value is -1.32. The number of nitrogens with zero attached hydrogens (tertiary/aromatic N) is 1. The van der Waals surface area contributed by atoms with Gasteiger partial charge in [-0.1, -0.05) is 0 Å². The Labute approximate surface area is 87.7 Å². The number of aromatic amines is 1. The van der Waals surface area contributed by atoms with E-state index < -0.39 is 5.97 Å². The molecule has 1 fully saturated rings. The molecule has 2 N–H and O–H groups in total. The average Bonchev–Trinajstić information content (AvgIpc) is 2.92. The van der Waals surface area contributed by atoms with Gasteiger partial charge in [0.2, 0.25) is 0 Å². The first-order valence-corrected chi connectivity index (χ1v) is 5.56. The highest BCUT2D eigenvalue weighted by Crippen LogP contribution is 2.48. The lowest BCUT2D eigenvalue weighted by molar-refractivity contribution is -0.138. The van der Waals surface area contributed by atoms with Crippen LogP contribution in [0.2, 0.25) is 0 Å². The molecule has 1 aromatic rings. The molecule has 1 heterocycles. The van der Waals surface area contributed by atoms with Crippen molar-refractivity contribution in [3.8, 4) is 0 Å². The van der Waals surface area contributed by atoms with Gasteiger partial charge < -0.3 is 5.11 Å². The van der Waals surface area contributed by atoms with Crippen molar-refractivity contribution in [2.75, 3.05) is 0 Å². The summed E-state index contributed by atoms with van der Waals surface area (Å²) < 4.78 is 0. The highest BCUT2D eigenvalue weighted by Gasteiger charge is 2.47. The average molecular weight is 206 g/mol. The number of carboxylic acid groups (broad SMARTS) is 1. The fraction of sp³-hybridized carbons (Fsp3) is 0.636. The zero-order valence-electron chi connectivity index (χ0n) is 8.49. The van der Waals surface area contributed by atoms with Gasteiger partial charge in [-0.2, -0.15) is 5.10 Å². The second-order valence-corrected chi connectivity index (χ2v) is 4.56. The second-order valence-electron chi connectivity index (χ2n) is 4.56. The van der Waals surface area contributed by atoms with Gasteiger partial charge in [0.15, 0.2) is 0 Å². The summed E-state index contributed by atoms with van der Waals surface area (Å²) in [5.41, 5.74) is 3.60. The summed E-state index contributed by atoms with van der Waals surface area (Å²) in [6, 6.07) is 0. The number of carbonyl (C=O) groups is 1. The van der Waals surface area contributed by atoms with Crippen LogP contribution in [0.15, 0.2) is 0 Å². The predicted molar refractivity (Wildman–Crippen MR) is 53.7 cm³/mol. The molecule has 0 saturated heterocycles. The van der Waals surface area contributed by atoms with Gasteiger partial charge in [-0.25, -0.2) is 0 Å². The molecule has 4 heteroatoms. The zero-order chi connectivity index (χ0) is 10.4. The maximum absolute atomic E-state index is 10.8. The highest BCUT2D eigenvalue weighted by molar-refractivity contribution is 5.75. The summed E-state index contributed by atoms with van der Waals surface area (Å²) in [5, 5.41) is 16.3. The van der Waals surface area contributed by atoms with Crippen LogP contribution in [0.5, 0.6) is 0 Å². The predicted octanol–water partition coefficient (Wildman–Crippen LogP) is 1.48. The Morgan fingerprint density at radius 2 is 2.20 bits per heavy atom. The Morgan fingerprint density at radius 1 is 1.40 bits per heavy atom. The van der Waals surface area contributed by atoms with Crippen molar-refractivity contribution in [1.29, 1.82) is 0 Å². The largest absolute Gasteiger partial charge is 0.481 e. The molecule has 15 heavy (non-hydrogen) atoms. The number of hydrogen-bond donors (Lipinski definition) is 2. The number of hydrogen-bond acceptors (Lipinski definition) is 2. The lowest BCUT2D eigenvalue weighted by atomic mass is 9.94. The van der Waals surface area contributed by atoms with Gasteiger partial charge in [0, 0.05) is 11.6 Å². The van der Waals surface area contributed by atoms with E-state index in [-0.39, 0.29) is 11.8 Å². The van der Waals surface area contributed by atoms with Crippen LogP contribution in [0.3, 0.4) is 0 Å². The summed E-state index contributed by atoms with van der Waals surface area (Å²) in [7, 11) is 0. The monoisotopic (exact) mass is 206 g/mol. The number of H-pyrrole nitrogens is 1. The molecule has 0 radical (unpaired) electrons. The summed E-state index contributed by atoms with van der Waals surface area (Å²) >= 11 is 0. The summed E-state index contributed by atoms with van der Waals surface area (Å²) in [4.78, 5) is 10.8. The third-order valence-electron chi connectivity index (χ3n) is 3.55. The molecule has 0 spiro atoms. The molecular weight excluding hydrogens is 192 g/mol. The van der Waals surface area contributed by atoms with E-state index in [4.69, 9.17) is 5.11 Å². The van der Waals surface area contributed by atoms with Crippen LogP contribution < -0.4 is 0 Å². The minimum absolute atomic E-state index is 0.181. The van der Waals surface area contributed by atoms with E-state index in [1.54, 1.807) is 0 Å². The molecular formula is C11H14N2O2. The number of carboxylic acids is 1. The molecule has 0 bridgehead atoms. The number of rotatable bonds is 2. The van der Waals surface area contributed by atoms with E-state index in [0.717, 1.165) is 25.0 Å². The molecule has 0 aliphatic heterocycles. The first-order chi connectivity index (χ1) is 7.27. The molecule has 1 saturated carbocycles. The van der Waals surface area contributed by atoms with Gasteiger partial charge >= 0.3 is 5.97 Å². The minimum Gasteiger partial charge on any atom is -0.481 e. The van der Waals surface area contributed by atoms with Crippen molar-refractivity contribution in [2.45, 2.75) is 38.0 Å². The highest BCUT2D eigenvalue weighted by atomic mass is 16.4. The molecule has 4 nitrogen and oxygen atoms in total. The summed E-state index contributed by atoms with van der Waals surface area (Å²) in [6.07, 6.45) is 5.36. The Bertz CT molecular complexity index is 411. The van der Waals surface area contributed by atoms with Crippen LogP contribution in [0.25, 0.3) is 0 Å². The Balaban J connectivity index is 1.87. The number of aryl methyl sites for hydroxylation is 1. The van der Waals surface area contributed by atoms with Crippen LogP contribution in [0.1, 0.15) is 42.1 Å². The van der Waals surface area contributed by atoms with Gasteiger partial charge in [-0.05, 0) is 37.7 Å². The molecule has 2 atom stereocenters. The third-order valence-corrected chi connectivity index (χ3v) is 3.55. The van der Waals surface area contributed by atoms with Crippen molar-refractivity contribution < 1.29 is 9.90 Å². The van der Waals surface area contributed by atoms with E-state index >= 15 is 0 Å². The topological polar surface area (TPSA) is 66.0 Å². The molecule has 1 aromatic heterocycles. The van der Waals surface area contributed by atoms with Crippen molar-refractivity contribution >= 4 is 5.97 Å². The fourth-order valence-corrected chi connectivity index (χ4v) is 2.58. The molecule has 2 aliphatic rings. The first kappa shape index (κ1) is 8.95. The Kier molecular flexibility index (Phi) is 1.84. The maximum atomic E-state index is 10.8. The van der Waals surface area contributed by atoms with E-state index in [1.165, 1.54) is 24.1 Å². The lowest BCUT2D eigenvalue weighted by Gasteiger charge is -2.10. The molecule has 2 aliphatic carbocycles. The van der Waals surface area contributed by atoms with E-state index in [9.17, 15) is 4.79 Å². The van der Waals surface area contributed by atoms with Gasteiger partial charge in [0.25, 0.3) is 0 Å². The van der Waals surface area contributed by atoms with Gasteiger partial charge in [-0.15, -0.1) is 0 Å². The number of aliphatic carboxylic acids is 1. The van der Waals surface area contributed by atoms with Gasteiger partial charge in [0.05, 0.1) is 11.6 Å². The van der Waals surface area contributed by atoms with Crippen LogP contribution in [-0.4, -0.2) is 21.3 Å². The quantitative estimate of drug-likeness (QED) is 0.770. The molecule has 0 unspecified atom stereocenters. The molecule has 80 valence electrons. The minimum atomic E-state index is -0.674. The van der Waals surface area contributed by atoms with Crippen molar-refractivity contribution in [1.82, 2.24) is 10.2 Å². The molecule has 0 aromatic carbocycles. The van der Waals surface area contributed by atoms with Crippen molar-refractivity contribution in [3.05, 3.63) is 17.0 Å². The van der Waals surface area contributed by atoms with E-state index in [1.807, 2.05) is 0 Å². The molecule has 0 amide bonds.